The number of pyridine rings is 1. The molecular weight excluding hydrogens is 250 g/mol. The Morgan fingerprint density at radius 3 is 2.67 bits per heavy atom. The van der Waals surface area contributed by atoms with E-state index < -0.39 is 0 Å². The molecular formula is C13H10ClN3O. The second-order valence-electron chi connectivity index (χ2n) is 3.46. The number of carbonyl (C=O) groups excluding carboxylic acids is 1. The summed E-state index contributed by atoms with van der Waals surface area (Å²) in [5.41, 5.74) is 3.66. The molecule has 0 radical (unpaired) electrons. The average Bonchev–Trinajstić information content (AvgIpc) is 2.42. The van der Waals surface area contributed by atoms with Crippen molar-refractivity contribution in [3.63, 3.8) is 0 Å². The summed E-state index contributed by atoms with van der Waals surface area (Å²) < 4.78 is 0. The summed E-state index contributed by atoms with van der Waals surface area (Å²) in [5.74, 6) is -0.291. The van der Waals surface area contributed by atoms with Gasteiger partial charge in [-0.05, 0) is 18.2 Å². The molecule has 0 atom stereocenters. The molecule has 0 aliphatic heterocycles. The van der Waals surface area contributed by atoms with Gasteiger partial charge in [-0.1, -0.05) is 29.8 Å². The molecule has 90 valence electrons. The van der Waals surface area contributed by atoms with Crippen LogP contribution >= 0.6 is 11.6 Å². The van der Waals surface area contributed by atoms with Gasteiger partial charge in [0.15, 0.2) is 0 Å². The molecule has 1 aromatic heterocycles. The first kappa shape index (κ1) is 12.3. The minimum atomic E-state index is -0.291. The maximum Gasteiger partial charge on any atom is 0.271 e. The minimum absolute atomic E-state index is 0.291. The van der Waals surface area contributed by atoms with Gasteiger partial charge in [-0.2, -0.15) is 5.10 Å². The molecule has 0 fully saturated rings. The van der Waals surface area contributed by atoms with Crippen molar-refractivity contribution in [2.24, 2.45) is 5.10 Å². The van der Waals surface area contributed by atoms with Crippen LogP contribution in [0.5, 0.6) is 0 Å². The number of benzene rings is 1. The monoisotopic (exact) mass is 259 g/mol. The van der Waals surface area contributed by atoms with Crippen LogP contribution in [0.25, 0.3) is 0 Å². The van der Waals surface area contributed by atoms with Gasteiger partial charge >= 0.3 is 0 Å². The normalized spacial score (nSPS) is 10.5. The summed E-state index contributed by atoms with van der Waals surface area (Å²) in [6.07, 6.45) is 4.60. The standard InChI is InChI=1S/C13H10ClN3O/c14-12-4-2-1-3-11(12)9-16-17-13(18)10-5-7-15-8-6-10/h1-9H,(H,17,18). The molecule has 4 nitrogen and oxygen atoms in total. The molecule has 0 unspecified atom stereocenters. The van der Waals surface area contributed by atoms with Crippen LogP contribution in [-0.2, 0) is 0 Å². The van der Waals surface area contributed by atoms with E-state index in [0.717, 1.165) is 5.56 Å². The fourth-order valence-corrected chi connectivity index (χ4v) is 1.49. The minimum Gasteiger partial charge on any atom is -0.267 e. The van der Waals surface area contributed by atoms with E-state index in [1.807, 2.05) is 18.2 Å². The van der Waals surface area contributed by atoms with Crippen molar-refractivity contribution in [3.05, 3.63) is 64.9 Å². The van der Waals surface area contributed by atoms with E-state index in [-0.39, 0.29) is 5.91 Å². The smallest absolute Gasteiger partial charge is 0.267 e. The van der Waals surface area contributed by atoms with Gasteiger partial charge in [0, 0.05) is 28.5 Å². The van der Waals surface area contributed by atoms with Gasteiger partial charge in [-0.25, -0.2) is 5.43 Å². The molecule has 1 amide bonds. The second kappa shape index (κ2) is 5.93. The topological polar surface area (TPSA) is 54.4 Å². The molecule has 1 N–H and O–H groups in total. The molecule has 0 saturated heterocycles. The fraction of sp³-hybridized carbons (Fsp3) is 0. The lowest BCUT2D eigenvalue weighted by Gasteiger charge is -1.99. The predicted octanol–water partition coefficient (Wildman–Crippen LogP) is 2.50. The van der Waals surface area contributed by atoms with Crippen LogP contribution in [-0.4, -0.2) is 17.1 Å². The molecule has 1 heterocycles. The Kier molecular flexibility index (Phi) is 4.04. The van der Waals surface area contributed by atoms with Gasteiger partial charge in [-0.15, -0.1) is 0 Å². The quantitative estimate of drug-likeness (QED) is 0.680. The highest BCUT2D eigenvalue weighted by Gasteiger charge is 2.02. The molecule has 0 aliphatic rings. The highest BCUT2D eigenvalue weighted by molar-refractivity contribution is 6.33. The first-order valence-electron chi connectivity index (χ1n) is 5.25. The SMILES string of the molecule is O=C(NN=Cc1ccccc1Cl)c1ccncc1. The van der Waals surface area contributed by atoms with Crippen molar-refractivity contribution in [2.75, 3.05) is 0 Å². The zero-order valence-corrected chi connectivity index (χ0v) is 10.1. The molecule has 2 rings (SSSR count). The van der Waals surface area contributed by atoms with Gasteiger partial charge in [0.25, 0.3) is 5.91 Å². The molecule has 18 heavy (non-hydrogen) atoms. The Hall–Kier alpha value is -2.20. The van der Waals surface area contributed by atoms with Crippen molar-refractivity contribution in [2.45, 2.75) is 0 Å². The van der Waals surface area contributed by atoms with Crippen molar-refractivity contribution in [1.29, 1.82) is 0 Å². The third-order valence-corrected chi connectivity index (χ3v) is 2.56. The van der Waals surface area contributed by atoms with E-state index in [1.54, 1.807) is 30.6 Å². The first-order valence-corrected chi connectivity index (χ1v) is 5.63. The number of aromatic nitrogens is 1. The van der Waals surface area contributed by atoms with Gasteiger partial charge in [0.2, 0.25) is 0 Å². The van der Waals surface area contributed by atoms with Crippen molar-refractivity contribution in [1.82, 2.24) is 10.4 Å². The Morgan fingerprint density at radius 1 is 1.22 bits per heavy atom. The number of rotatable bonds is 3. The van der Waals surface area contributed by atoms with E-state index in [9.17, 15) is 4.79 Å². The fourth-order valence-electron chi connectivity index (χ4n) is 1.31. The first-order chi connectivity index (χ1) is 8.77. The van der Waals surface area contributed by atoms with Crippen LogP contribution in [0.2, 0.25) is 5.02 Å². The number of nitrogens with zero attached hydrogens (tertiary/aromatic N) is 2. The molecule has 1 aromatic carbocycles. The number of nitrogens with one attached hydrogen (secondary N) is 1. The lowest BCUT2D eigenvalue weighted by molar-refractivity contribution is 0.0955. The Bertz CT molecular complexity index is 569. The van der Waals surface area contributed by atoms with Crippen LogP contribution in [0.15, 0.2) is 53.9 Å². The van der Waals surface area contributed by atoms with E-state index in [4.69, 9.17) is 11.6 Å². The van der Waals surface area contributed by atoms with Crippen LogP contribution in [0.4, 0.5) is 0 Å². The summed E-state index contributed by atoms with van der Waals surface area (Å²) in [5, 5.41) is 4.43. The summed E-state index contributed by atoms with van der Waals surface area (Å²) >= 11 is 5.94. The lowest BCUT2D eigenvalue weighted by atomic mass is 10.2. The lowest BCUT2D eigenvalue weighted by Crippen LogP contribution is -2.17. The van der Waals surface area contributed by atoms with Crippen molar-refractivity contribution >= 4 is 23.7 Å². The van der Waals surface area contributed by atoms with E-state index in [2.05, 4.69) is 15.5 Å². The average molecular weight is 260 g/mol. The van der Waals surface area contributed by atoms with E-state index in [0.29, 0.717) is 10.6 Å². The molecule has 0 spiro atoms. The second-order valence-corrected chi connectivity index (χ2v) is 3.86. The number of hydrazone groups is 1. The van der Waals surface area contributed by atoms with Crippen LogP contribution < -0.4 is 5.43 Å². The maximum absolute atomic E-state index is 11.6. The van der Waals surface area contributed by atoms with Crippen molar-refractivity contribution in [3.8, 4) is 0 Å². The predicted molar refractivity (Wildman–Crippen MR) is 70.7 cm³/mol. The number of carbonyl (C=O) groups is 1. The third-order valence-electron chi connectivity index (χ3n) is 2.22. The van der Waals surface area contributed by atoms with Crippen molar-refractivity contribution < 1.29 is 4.79 Å². The summed E-state index contributed by atoms with van der Waals surface area (Å²) in [4.78, 5) is 15.5. The number of amides is 1. The summed E-state index contributed by atoms with van der Waals surface area (Å²) in [7, 11) is 0. The zero-order chi connectivity index (χ0) is 12.8. The Labute approximate surface area is 109 Å². The summed E-state index contributed by atoms with van der Waals surface area (Å²) in [6.45, 7) is 0. The highest BCUT2D eigenvalue weighted by Crippen LogP contribution is 2.12. The Morgan fingerprint density at radius 2 is 1.94 bits per heavy atom. The van der Waals surface area contributed by atoms with Crippen LogP contribution in [0.3, 0.4) is 0 Å². The molecule has 0 bridgehead atoms. The van der Waals surface area contributed by atoms with Gasteiger partial charge in [-0.3, -0.25) is 9.78 Å². The van der Waals surface area contributed by atoms with Crippen LogP contribution in [0.1, 0.15) is 15.9 Å². The number of halogens is 1. The summed E-state index contributed by atoms with van der Waals surface area (Å²) in [6, 6.07) is 10.5. The highest BCUT2D eigenvalue weighted by atomic mass is 35.5. The Balaban J connectivity index is 2.00. The van der Waals surface area contributed by atoms with E-state index in [1.165, 1.54) is 6.21 Å². The number of hydrogen-bond acceptors (Lipinski definition) is 3. The molecule has 5 heteroatoms. The molecule has 0 aliphatic carbocycles. The zero-order valence-electron chi connectivity index (χ0n) is 9.38. The van der Waals surface area contributed by atoms with E-state index >= 15 is 0 Å². The third kappa shape index (κ3) is 3.15. The molecule has 0 saturated carbocycles. The number of hydrogen-bond donors (Lipinski definition) is 1. The van der Waals surface area contributed by atoms with Crippen LogP contribution in [0, 0.1) is 0 Å². The van der Waals surface area contributed by atoms with Gasteiger partial charge in [0.1, 0.15) is 0 Å². The molecule has 2 aromatic rings. The van der Waals surface area contributed by atoms with Gasteiger partial charge in [0.05, 0.1) is 6.21 Å². The maximum atomic E-state index is 11.6. The largest absolute Gasteiger partial charge is 0.271 e. The van der Waals surface area contributed by atoms with Gasteiger partial charge < -0.3 is 0 Å².